The zero-order valence-electron chi connectivity index (χ0n) is 18.9. The van der Waals surface area contributed by atoms with Crippen LogP contribution >= 0.6 is 11.8 Å². The molecule has 0 saturated carbocycles. The number of anilines is 1. The first-order valence-corrected chi connectivity index (χ1v) is 12.2. The maximum atomic E-state index is 12.5. The Bertz CT molecular complexity index is 1440. The highest BCUT2D eigenvalue weighted by molar-refractivity contribution is 7.99. The molecular weight excluding hydrogens is 442 g/mol. The molecule has 1 heterocycles. The standard InChI is InChI=1S/C28H25N3O2S/c1-20-13-15-22(16-14-20)29-27(32)19-34-28-30-24-10-4-5-11-25(24)31(28)17-18-33-26-12-6-8-21-7-2-3-9-23(21)26/h2-16H,17-19H2,1H3,(H,29,32). The van der Waals surface area contributed by atoms with Crippen LogP contribution in [0.1, 0.15) is 5.56 Å². The van der Waals surface area contributed by atoms with Gasteiger partial charge in [-0.15, -0.1) is 0 Å². The highest BCUT2D eigenvalue weighted by Crippen LogP contribution is 2.27. The van der Waals surface area contributed by atoms with Gasteiger partial charge in [0.05, 0.1) is 23.3 Å². The van der Waals surface area contributed by atoms with Crippen LogP contribution in [0.4, 0.5) is 5.69 Å². The van der Waals surface area contributed by atoms with Crippen LogP contribution in [0.25, 0.3) is 21.8 Å². The lowest BCUT2D eigenvalue weighted by Crippen LogP contribution is -2.15. The van der Waals surface area contributed by atoms with E-state index in [1.807, 2.05) is 73.7 Å². The molecule has 5 aromatic rings. The van der Waals surface area contributed by atoms with Crippen molar-refractivity contribution in [3.05, 3.63) is 96.6 Å². The van der Waals surface area contributed by atoms with E-state index in [-0.39, 0.29) is 11.7 Å². The SMILES string of the molecule is Cc1ccc(NC(=O)CSc2nc3ccccc3n2CCOc2cccc3ccccc23)cc1. The number of ether oxygens (including phenoxy) is 1. The Balaban J connectivity index is 1.29. The number of thioether (sulfide) groups is 1. The van der Waals surface area contributed by atoms with Gasteiger partial charge in [-0.1, -0.05) is 78.0 Å². The van der Waals surface area contributed by atoms with Crippen LogP contribution in [-0.4, -0.2) is 27.8 Å². The molecular formula is C28H25N3O2S. The summed E-state index contributed by atoms with van der Waals surface area (Å²) in [5, 5.41) is 6.02. The van der Waals surface area contributed by atoms with Crippen LogP contribution in [-0.2, 0) is 11.3 Å². The monoisotopic (exact) mass is 467 g/mol. The van der Waals surface area contributed by atoms with Gasteiger partial charge in [0.15, 0.2) is 5.16 Å². The Morgan fingerprint density at radius 1 is 0.941 bits per heavy atom. The lowest BCUT2D eigenvalue weighted by molar-refractivity contribution is -0.113. The maximum Gasteiger partial charge on any atom is 0.234 e. The molecule has 170 valence electrons. The van der Waals surface area contributed by atoms with Crippen LogP contribution in [0.3, 0.4) is 0 Å². The molecule has 0 fully saturated rings. The summed E-state index contributed by atoms with van der Waals surface area (Å²) in [6.07, 6.45) is 0. The van der Waals surface area contributed by atoms with Gasteiger partial charge in [-0.3, -0.25) is 4.79 Å². The number of fused-ring (bicyclic) bond motifs is 2. The van der Waals surface area contributed by atoms with Crippen molar-refractivity contribution in [1.82, 2.24) is 9.55 Å². The summed E-state index contributed by atoms with van der Waals surface area (Å²) in [6.45, 7) is 3.15. The van der Waals surface area contributed by atoms with Crippen LogP contribution in [0.15, 0.2) is 96.2 Å². The molecule has 6 heteroatoms. The van der Waals surface area contributed by atoms with E-state index in [1.54, 1.807) is 0 Å². The molecule has 1 N–H and O–H groups in total. The summed E-state index contributed by atoms with van der Waals surface area (Å²) in [7, 11) is 0. The van der Waals surface area contributed by atoms with Gasteiger partial charge >= 0.3 is 0 Å². The molecule has 0 unspecified atom stereocenters. The quantitative estimate of drug-likeness (QED) is 0.272. The normalized spacial score (nSPS) is 11.1. The number of hydrogen-bond donors (Lipinski definition) is 1. The van der Waals surface area contributed by atoms with Gasteiger partial charge < -0.3 is 14.6 Å². The predicted octanol–water partition coefficient (Wildman–Crippen LogP) is 6.31. The second-order valence-electron chi connectivity index (χ2n) is 8.06. The highest BCUT2D eigenvalue weighted by Gasteiger charge is 2.13. The molecule has 5 nitrogen and oxygen atoms in total. The second kappa shape index (κ2) is 10.0. The summed E-state index contributed by atoms with van der Waals surface area (Å²) in [4.78, 5) is 17.3. The van der Waals surface area contributed by atoms with Crippen LogP contribution in [0.2, 0.25) is 0 Å². The number of carbonyl (C=O) groups excluding carboxylic acids is 1. The topological polar surface area (TPSA) is 56.2 Å². The maximum absolute atomic E-state index is 12.5. The molecule has 1 aromatic heterocycles. The number of aryl methyl sites for hydroxylation is 1. The first-order chi connectivity index (χ1) is 16.7. The highest BCUT2D eigenvalue weighted by atomic mass is 32.2. The van der Waals surface area contributed by atoms with Gasteiger partial charge in [0.2, 0.25) is 5.91 Å². The molecule has 5 rings (SSSR count). The van der Waals surface area contributed by atoms with Gasteiger partial charge in [0, 0.05) is 11.1 Å². The van der Waals surface area contributed by atoms with E-state index in [0.29, 0.717) is 13.2 Å². The molecule has 0 atom stereocenters. The minimum absolute atomic E-state index is 0.0561. The Morgan fingerprint density at radius 3 is 2.59 bits per heavy atom. The van der Waals surface area contributed by atoms with Gasteiger partial charge in [0.1, 0.15) is 12.4 Å². The van der Waals surface area contributed by atoms with E-state index in [2.05, 4.69) is 34.1 Å². The molecule has 0 aliphatic carbocycles. The molecule has 34 heavy (non-hydrogen) atoms. The van der Waals surface area contributed by atoms with Crippen molar-refractivity contribution in [2.75, 3.05) is 17.7 Å². The molecule has 0 aliphatic rings. The number of aromatic nitrogens is 2. The zero-order chi connectivity index (χ0) is 23.3. The van der Waals surface area contributed by atoms with Crippen molar-refractivity contribution in [2.24, 2.45) is 0 Å². The number of nitrogens with zero attached hydrogens (tertiary/aromatic N) is 2. The largest absolute Gasteiger partial charge is 0.491 e. The Hall–Kier alpha value is -3.77. The lowest BCUT2D eigenvalue weighted by Gasteiger charge is -2.12. The van der Waals surface area contributed by atoms with Gasteiger partial charge in [-0.25, -0.2) is 4.98 Å². The van der Waals surface area contributed by atoms with E-state index in [9.17, 15) is 4.79 Å². The molecule has 0 spiro atoms. The average molecular weight is 468 g/mol. The molecule has 0 aliphatic heterocycles. The Labute approximate surface area is 202 Å². The van der Waals surface area contributed by atoms with Crippen LogP contribution < -0.4 is 10.1 Å². The van der Waals surface area contributed by atoms with Crippen molar-refractivity contribution >= 4 is 45.2 Å². The zero-order valence-corrected chi connectivity index (χ0v) is 19.7. The number of hydrogen-bond acceptors (Lipinski definition) is 4. The molecule has 0 radical (unpaired) electrons. The van der Waals surface area contributed by atoms with Crippen LogP contribution in [0.5, 0.6) is 5.75 Å². The van der Waals surface area contributed by atoms with Crippen molar-refractivity contribution in [3.63, 3.8) is 0 Å². The van der Waals surface area contributed by atoms with E-state index in [4.69, 9.17) is 9.72 Å². The number of carbonyl (C=O) groups is 1. The molecule has 4 aromatic carbocycles. The third kappa shape index (κ3) is 4.92. The number of nitrogens with one attached hydrogen (secondary N) is 1. The van der Waals surface area contributed by atoms with Crippen molar-refractivity contribution in [3.8, 4) is 5.75 Å². The third-order valence-corrected chi connectivity index (χ3v) is 6.59. The molecule has 0 saturated heterocycles. The summed E-state index contributed by atoms with van der Waals surface area (Å²) < 4.78 is 8.30. The van der Waals surface area contributed by atoms with Crippen molar-refractivity contribution < 1.29 is 9.53 Å². The van der Waals surface area contributed by atoms with Crippen LogP contribution in [0, 0.1) is 6.92 Å². The Morgan fingerprint density at radius 2 is 1.71 bits per heavy atom. The number of benzene rings is 4. The minimum atomic E-state index is -0.0561. The summed E-state index contributed by atoms with van der Waals surface area (Å²) in [5.41, 5.74) is 3.90. The number of rotatable bonds is 8. The van der Waals surface area contributed by atoms with Gasteiger partial charge in [0.25, 0.3) is 0 Å². The summed E-state index contributed by atoms with van der Waals surface area (Å²) >= 11 is 1.44. The fraction of sp³-hybridized carbons (Fsp3) is 0.143. The van der Waals surface area contributed by atoms with E-state index >= 15 is 0 Å². The predicted molar refractivity (Wildman–Crippen MR) is 140 cm³/mol. The van der Waals surface area contributed by atoms with Crippen molar-refractivity contribution in [2.45, 2.75) is 18.6 Å². The fourth-order valence-electron chi connectivity index (χ4n) is 3.91. The number of amides is 1. The first kappa shape index (κ1) is 22.0. The van der Waals surface area contributed by atoms with E-state index in [0.717, 1.165) is 44.0 Å². The third-order valence-electron chi connectivity index (χ3n) is 5.61. The fourth-order valence-corrected chi connectivity index (χ4v) is 4.75. The molecule has 1 amide bonds. The Kier molecular flexibility index (Phi) is 6.49. The second-order valence-corrected chi connectivity index (χ2v) is 9.01. The van der Waals surface area contributed by atoms with Gasteiger partial charge in [-0.05, 0) is 42.6 Å². The first-order valence-electron chi connectivity index (χ1n) is 11.2. The smallest absolute Gasteiger partial charge is 0.234 e. The van der Waals surface area contributed by atoms with Crippen molar-refractivity contribution in [1.29, 1.82) is 0 Å². The lowest BCUT2D eigenvalue weighted by atomic mass is 10.1. The number of imidazole rings is 1. The summed E-state index contributed by atoms with van der Waals surface area (Å²) in [5.74, 6) is 1.09. The summed E-state index contributed by atoms with van der Waals surface area (Å²) in [6, 6.07) is 30.1. The minimum Gasteiger partial charge on any atom is -0.491 e. The number of para-hydroxylation sites is 2. The average Bonchev–Trinajstić information content (AvgIpc) is 3.22. The van der Waals surface area contributed by atoms with E-state index < -0.39 is 0 Å². The molecule has 0 bridgehead atoms. The van der Waals surface area contributed by atoms with E-state index in [1.165, 1.54) is 11.8 Å². The van der Waals surface area contributed by atoms with Gasteiger partial charge in [-0.2, -0.15) is 0 Å².